The molecule has 2 fully saturated rings. The highest BCUT2D eigenvalue weighted by atomic mass is 16.2. The zero-order chi connectivity index (χ0) is 15.4. The predicted octanol–water partition coefficient (Wildman–Crippen LogP) is 0.519. The smallest absolute Gasteiger partial charge is 0.236 e. The molecule has 0 aliphatic carbocycles. The van der Waals surface area contributed by atoms with Crippen LogP contribution in [0.15, 0.2) is 30.3 Å². The summed E-state index contributed by atoms with van der Waals surface area (Å²) in [4.78, 5) is 13.8. The van der Waals surface area contributed by atoms with Crippen LogP contribution in [0.25, 0.3) is 0 Å². The topological polar surface area (TPSA) is 70.4 Å². The number of nitrogens with two attached hydrogens (primary N) is 1. The summed E-state index contributed by atoms with van der Waals surface area (Å²) in [5.74, 6) is 1.16. The van der Waals surface area contributed by atoms with Gasteiger partial charge in [0.1, 0.15) is 0 Å². The second kappa shape index (κ2) is 7.22. The van der Waals surface area contributed by atoms with Gasteiger partial charge in [0.05, 0.1) is 6.54 Å². The molecule has 1 aromatic rings. The second-order valence-electron chi connectivity index (χ2n) is 6.45. The maximum Gasteiger partial charge on any atom is 0.236 e. The van der Waals surface area contributed by atoms with Gasteiger partial charge in [-0.25, -0.2) is 0 Å². The molecule has 1 aromatic carbocycles. The van der Waals surface area contributed by atoms with E-state index in [0.717, 1.165) is 32.5 Å². The van der Waals surface area contributed by atoms with Gasteiger partial charge < -0.3 is 10.6 Å². The van der Waals surface area contributed by atoms with Gasteiger partial charge in [0.15, 0.2) is 0 Å². The van der Waals surface area contributed by atoms with Crippen molar-refractivity contribution >= 4 is 5.91 Å². The van der Waals surface area contributed by atoms with E-state index in [1.165, 1.54) is 12.0 Å². The van der Waals surface area contributed by atoms with Gasteiger partial charge in [-0.15, -0.1) is 0 Å². The first kappa shape index (κ1) is 15.5. The Balaban J connectivity index is 1.63. The van der Waals surface area contributed by atoms with E-state index in [4.69, 9.17) is 5.73 Å². The zero-order valence-corrected chi connectivity index (χ0v) is 13.0. The normalized spacial score (nSPS) is 28.8. The lowest BCUT2D eigenvalue weighted by Crippen LogP contribution is -2.50. The van der Waals surface area contributed by atoms with E-state index in [9.17, 15) is 4.79 Å². The molecule has 3 unspecified atom stereocenters. The third kappa shape index (κ3) is 3.48. The summed E-state index contributed by atoms with van der Waals surface area (Å²) < 4.78 is 0. The number of piperidine rings is 1. The van der Waals surface area contributed by atoms with Gasteiger partial charge in [-0.1, -0.05) is 30.3 Å². The van der Waals surface area contributed by atoms with E-state index in [-0.39, 0.29) is 12.5 Å². The maximum atomic E-state index is 11.9. The molecular formula is C17H26N4O. The Morgan fingerprint density at radius 3 is 2.91 bits per heavy atom. The minimum atomic E-state index is 0.0789. The lowest BCUT2D eigenvalue weighted by atomic mass is 9.81. The Bertz CT molecular complexity index is 493. The number of carbonyl (C=O) groups excluding carboxylic acids is 1. The summed E-state index contributed by atoms with van der Waals surface area (Å²) in [5, 5.41) is 0. The largest absolute Gasteiger partial charge is 0.341 e. The number of rotatable bonds is 4. The predicted molar refractivity (Wildman–Crippen MR) is 86.9 cm³/mol. The third-order valence-corrected chi connectivity index (χ3v) is 4.97. The SMILES string of the molecule is NCC(=O)N1CCCC(C2NNCC2Cc2ccccc2)C1. The van der Waals surface area contributed by atoms with E-state index >= 15 is 0 Å². The zero-order valence-electron chi connectivity index (χ0n) is 13.0. The highest BCUT2D eigenvalue weighted by Crippen LogP contribution is 2.27. The lowest BCUT2D eigenvalue weighted by molar-refractivity contribution is -0.131. The van der Waals surface area contributed by atoms with Crippen LogP contribution >= 0.6 is 0 Å². The first-order valence-corrected chi connectivity index (χ1v) is 8.28. The Hall–Kier alpha value is -1.43. The molecule has 2 aliphatic heterocycles. The highest BCUT2D eigenvalue weighted by Gasteiger charge is 2.36. The molecule has 3 rings (SSSR count). The molecule has 5 heteroatoms. The molecule has 0 aromatic heterocycles. The molecule has 22 heavy (non-hydrogen) atoms. The van der Waals surface area contributed by atoms with Crippen LogP contribution in [0, 0.1) is 11.8 Å². The van der Waals surface area contributed by atoms with Crippen molar-refractivity contribution in [2.45, 2.75) is 25.3 Å². The van der Waals surface area contributed by atoms with Gasteiger partial charge in [0, 0.05) is 25.7 Å². The van der Waals surface area contributed by atoms with Crippen LogP contribution in [0.1, 0.15) is 18.4 Å². The summed E-state index contributed by atoms with van der Waals surface area (Å²) in [6.07, 6.45) is 3.33. The van der Waals surface area contributed by atoms with Crippen LogP contribution in [-0.2, 0) is 11.2 Å². The van der Waals surface area contributed by atoms with Crippen molar-refractivity contribution in [3.8, 4) is 0 Å². The molecule has 1 amide bonds. The van der Waals surface area contributed by atoms with Crippen LogP contribution in [0.2, 0.25) is 0 Å². The van der Waals surface area contributed by atoms with Gasteiger partial charge in [-0.05, 0) is 36.7 Å². The summed E-state index contributed by atoms with van der Waals surface area (Å²) in [6, 6.07) is 11.1. The van der Waals surface area contributed by atoms with Crippen molar-refractivity contribution in [3.05, 3.63) is 35.9 Å². The number of nitrogens with one attached hydrogen (secondary N) is 2. The molecule has 0 saturated carbocycles. The molecule has 2 heterocycles. The number of nitrogens with zero attached hydrogens (tertiary/aromatic N) is 1. The molecule has 0 bridgehead atoms. The molecule has 5 nitrogen and oxygen atoms in total. The van der Waals surface area contributed by atoms with Gasteiger partial charge in [0.2, 0.25) is 5.91 Å². The van der Waals surface area contributed by atoms with Crippen molar-refractivity contribution in [1.82, 2.24) is 15.8 Å². The average molecular weight is 302 g/mol. The van der Waals surface area contributed by atoms with E-state index in [1.807, 2.05) is 4.90 Å². The molecular weight excluding hydrogens is 276 g/mol. The van der Waals surface area contributed by atoms with E-state index < -0.39 is 0 Å². The fourth-order valence-corrected chi connectivity index (χ4v) is 3.83. The summed E-state index contributed by atoms with van der Waals surface area (Å²) in [5.41, 5.74) is 13.7. The lowest BCUT2D eigenvalue weighted by Gasteiger charge is -2.37. The number of amides is 1. The molecule has 0 radical (unpaired) electrons. The maximum absolute atomic E-state index is 11.9. The van der Waals surface area contributed by atoms with Crippen LogP contribution < -0.4 is 16.6 Å². The number of hydrogen-bond donors (Lipinski definition) is 3. The summed E-state index contributed by atoms with van der Waals surface area (Å²) in [6.45, 7) is 2.80. The van der Waals surface area contributed by atoms with E-state index in [0.29, 0.717) is 17.9 Å². The van der Waals surface area contributed by atoms with Gasteiger partial charge in [0.25, 0.3) is 0 Å². The molecule has 4 N–H and O–H groups in total. The minimum Gasteiger partial charge on any atom is -0.341 e. The number of carbonyl (C=O) groups is 1. The second-order valence-corrected chi connectivity index (χ2v) is 6.45. The number of benzene rings is 1. The quantitative estimate of drug-likeness (QED) is 0.758. The molecule has 0 spiro atoms. The standard InChI is InChI=1S/C17H26N4O/c18-10-16(22)21-8-4-7-14(12-21)17-15(11-19-20-17)9-13-5-2-1-3-6-13/h1-3,5-6,14-15,17,19-20H,4,7-12,18H2. The first-order valence-electron chi connectivity index (χ1n) is 8.28. The van der Waals surface area contributed by atoms with E-state index in [1.54, 1.807) is 0 Å². The fourth-order valence-electron chi connectivity index (χ4n) is 3.83. The number of hydrogen-bond acceptors (Lipinski definition) is 4. The molecule has 3 atom stereocenters. The Morgan fingerprint density at radius 1 is 1.32 bits per heavy atom. The highest BCUT2D eigenvalue weighted by molar-refractivity contribution is 5.78. The molecule has 120 valence electrons. The number of likely N-dealkylation sites (tertiary alicyclic amines) is 1. The van der Waals surface area contributed by atoms with Crippen LogP contribution in [0.3, 0.4) is 0 Å². The molecule has 2 saturated heterocycles. The Labute approximate surface area is 132 Å². The van der Waals surface area contributed by atoms with Gasteiger partial charge >= 0.3 is 0 Å². The molecule has 2 aliphatic rings. The van der Waals surface area contributed by atoms with Crippen molar-refractivity contribution in [3.63, 3.8) is 0 Å². The van der Waals surface area contributed by atoms with Gasteiger partial charge in [-0.3, -0.25) is 15.6 Å². The minimum absolute atomic E-state index is 0.0789. The van der Waals surface area contributed by atoms with Crippen molar-refractivity contribution in [2.75, 3.05) is 26.2 Å². The average Bonchev–Trinajstić information content (AvgIpc) is 3.03. The van der Waals surface area contributed by atoms with Gasteiger partial charge in [-0.2, -0.15) is 0 Å². The monoisotopic (exact) mass is 302 g/mol. The first-order chi connectivity index (χ1) is 10.8. The van der Waals surface area contributed by atoms with Crippen molar-refractivity contribution in [1.29, 1.82) is 0 Å². The van der Waals surface area contributed by atoms with E-state index in [2.05, 4.69) is 41.2 Å². The van der Waals surface area contributed by atoms with Crippen LogP contribution in [0.4, 0.5) is 0 Å². The van der Waals surface area contributed by atoms with Crippen LogP contribution in [0.5, 0.6) is 0 Å². The summed E-state index contributed by atoms with van der Waals surface area (Å²) >= 11 is 0. The fraction of sp³-hybridized carbons (Fsp3) is 0.588. The summed E-state index contributed by atoms with van der Waals surface area (Å²) in [7, 11) is 0. The van der Waals surface area contributed by atoms with Crippen LogP contribution in [-0.4, -0.2) is 43.0 Å². The van der Waals surface area contributed by atoms with Crippen molar-refractivity contribution in [2.24, 2.45) is 17.6 Å². The Kier molecular flexibility index (Phi) is 5.08. The third-order valence-electron chi connectivity index (χ3n) is 4.97. The number of hydrazine groups is 1. The van der Waals surface area contributed by atoms with Crippen molar-refractivity contribution < 1.29 is 4.79 Å². The Morgan fingerprint density at radius 2 is 2.14 bits per heavy atom.